The molecule has 0 aliphatic rings. The van der Waals surface area contributed by atoms with E-state index >= 15 is 0 Å². The Hall–Kier alpha value is -1.36. The standard InChI is InChI=1S/C14H23NO4/c1-7-14(5,17-6)13-15-10(9(3)4)11(19-13)12(16)18-8-2/h9H,7-8H2,1-6H3. The minimum Gasteiger partial charge on any atom is -0.460 e. The summed E-state index contributed by atoms with van der Waals surface area (Å²) in [5.74, 6) is 0.210. The number of hydrogen-bond donors (Lipinski definition) is 0. The number of nitrogens with zero attached hydrogens (tertiary/aromatic N) is 1. The molecule has 0 bridgehead atoms. The fourth-order valence-electron chi connectivity index (χ4n) is 1.68. The van der Waals surface area contributed by atoms with Crippen molar-refractivity contribution in [2.24, 2.45) is 0 Å². The van der Waals surface area contributed by atoms with Crippen LogP contribution in [0, 0.1) is 0 Å². The van der Waals surface area contributed by atoms with Crippen LogP contribution in [0.2, 0.25) is 0 Å². The SMILES string of the molecule is CCOC(=O)c1oc(C(C)(CC)OC)nc1C(C)C. The van der Waals surface area contributed by atoms with Gasteiger partial charge in [0.15, 0.2) is 0 Å². The van der Waals surface area contributed by atoms with Crippen LogP contribution in [0.5, 0.6) is 0 Å². The van der Waals surface area contributed by atoms with Crippen molar-refractivity contribution < 1.29 is 18.7 Å². The first-order valence-corrected chi connectivity index (χ1v) is 6.63. The van der Waals surface area contributed by atoms with Crippen LogP contribution in [0.3, 0.4) is 0 Å². The lowest BCUT2D eigenvalue weighted by molar-refractivity contribution is -0.0244. The second-order valence-corrected chi connectivity index (χ2v) is 4.90. The highest BCUT2D eigenvalue weighted by Gasteiger charge is 2.34. The number of carbonyl (C=O) groups is 1. The van der Waals surface area contributed by atoms with E-state index in [1.807, 2.05) is 27.7 Å². The van der Waals surface area contributed by atoms with Gasteiger partial charge in [-0.05, 0) is 26.2 Å². The van der Waals surface area contributed by atoms with Crippen LogP contribution in [0.1, 0.15) is 69.1 Å². The molecule has 108 valence electrons. The zero-order chi connectivity index (χ0) is 14.6. The Morgan fingerprint density at radius 1 is 1.42 bits per heavy atom. The van der Waals surface area contributed by atoms with Gasteiger partial charge in [-0.25, -0.2) is 9.78 Å². The maximum Gasteiger partial charge on any atom is 0.376 e. The van der Waals surface area contributed by atoms with Crippen molar-refractivity contribution in [3.8, 4) is 0 Å². The number of rotatable bonds is 6. The molecule has 0 aromatic carbocycles. The Bertz CT molecular complexity index is 433. The predicted octanol–water partition coefficient (Wildman–Crippen LogP) is 3.25. The third kappa shape index (κ3) is 3.15. The van der Waals surface area contributed by atoms with Gasteiger partial charge in [0.1, 0.15) is 5.60 Å². The van der Waals surface area contributed by atoms with Crippen LogP contribution in [0.4, 0.5) is 0 Å². The summed E-state index contributed by atoms with van der Waals surface area (Å²) in [7, 11) is 1.60. The van der Waals surface area contributed by atoms with Crippen molar-refractivity contribution >= 4 is 5.97 Å². The largest absolute Gasteiger partial charge is 0.460 e. The molecule has 0 fully saturated rings. The summed E-state index contributed by atoms with van der Waals surface area (Å²) in [5.41, 5.74) is -0.0147. The molecule has 0 radical (unpaired) electrons. The zero-order valence-corrected chi connectivity index (χ0v) is 12.6. The number of oxazole rings is 1. The van der Waals surface area contributed by atoms with Crippen molar-refractivity contribution in [2.45, 2.75) is 52.6 Å². The highest BCUT2D eigenvalue weighted by molar-refractivity contribution is 5.87. The summed E-state index contributed by atoms with van der Waals surface area (Å²) in [5, 5.41) is 0. The van der Waals surface area contributed by atoms with Crippen molar-refractivity contribution in [3.05, 3.63) is 17.3 Å². The normalized spacial score (nSPS) is 14.5. The molecular weight excluding hydrogens is 246 g/mol. The summed E-state index contributed by atoms with van der Waals surface area (Å²) in [4.78, 5) is 16.3. The average molecular weight is 269 g/mol. The van der Waals surface area contributed by atoms with Crippen molar-refractivity contribution in [2.75, 3.05) is 13.7 Å². The first-order chi connectivity index (χ1) is 8.89. The molecule has 0 saturated heterocycles. The molecule has 1 aromatic rings. The van der Waals surface area contributed by atoms with Gasteiger partial charge in [0.25, 0.3) is 0 Å². The highest BCUT2D eigenvalue weighted by atomic mass is 16.5. The van der Waals surface area contributed by atoms with E-state index in [-0.39, 0.29) is 11.7 Å². The molecular formula is C14H23NO4. The van der Waals surface area contributed by atoms with Crippen molar-refractivity contribution in [1.29, 1.82) is 0 Å². The summed E-state index contributed by atoms with van der Waals surface area (Å²) in [6.07, 6.45) is 0.698. The molecule has 0 spiro atoms. The van der Waals surface area contributed by atoms with E-state index in [1.165, 1.54) is 0 Å². The molecule has 1 unspecified atom stereocenters. The number of esters is 1. The molecule has 0 amide bonds. The summed E-state index contributed by atoms with van der Waals surface area (Å²) >= 11 is 0. The number of methoxy groups -OCH3 is 1. The van der Waals surface area contributed by atoms with Gasteiger partial charge in [-0.15, -0.1) is 0 Å². The smallest absolute Gasteiger partial charge is 0.376 e. The molecule has 0 N–H and O–H groups in total. The van der Waals surface area contributed by atoms with E-state index in [1.54, 1.807) is 14.0 Å². The first kappa shape index (κ1) is 15.7. The van der Waals surface area contributed by atoms with E-state index in [2.05, 4.69) is 4.98 Å². The van der Waals surface area contributed by atoms with Crippen LogP contribution < -0.4 is 0 Å². The molecule has 1 heterocycles. The van der Waals surface area contributed by atoms with E-state index < -0.39 is 11.6 Å². The lowest BCUT2D eigenvalue weighted by Crippen LogP contribution is -2.23. The highest BCUT2D eigenvalue weighted by Crippen LogP contribution is 2.31. The maximum atomic E-state index is 11.9. The third-order valence-corrected chi connectivity index (χ3v) is 3.24. The Morgan fingerprint density at radius 3 is 2.47 bits per heavy atom. The Labute approximate surface area is 114 Å². The molecule has 1 aromatic heterocycles. The average Bonchev–Trinajstić information content (AvgIpc) is 2.84. The molecule has 0 aliphatic heterocycles. The van der Waals surface area contributed by atoms with Crippen LogP contribution in [0.15, 0.2) is 4.42 Å². The zero-order valence-electron chi connectivity index (χ0n) is 12.6. The molecule has 19 heavy (non-hydrogen) atoms. The minimum atomic E-state index is -0.631. The van der Waals surface area contributed by atoms with Crippen molar-refractivity contribution in [3.63, 3.8) is 0 Å². The summed E-state index contributed by atoms with van der Waals surface area (Å²) in [6.45, 7) is 9.85. The first-order valence-electron chi connectivity index (χ1n) is 6.63. The molecule has 5 nitrogen and oxygen atoms in total. The predicted molar refractivity (Wildman–Crippen MR) is 71.2 cm³/mol. The van der Waals surface area contributed by atoms with Gasteiger partial charge in [0.2, 0.25) is 11.7 Å². The van der Waals surface area contributed by atoms with Crippen LogP contribution in [-0.4, -0.2) is 24.7 Å². The van der Waals surface area contributed by atoms with Crippen LogP contribution in [0.25, 0.3) is 0 Å². The topological polar surface area (TPSA) is 61.6 Å². The lowest BCUT2D eigenvalue weighted by Gasteiger charge is -2.22. The van der Waals surface area contributed by atoms with E-state index in [0.717, 1.165) is 0 Å². The van der Waals surface area contributed by atoms with Gasteiger partial charge in [-0.1, -0.05) is 20.8 Å². The minimum absolute atomic E-state index is 0.0786. The van der Waals surface area contributed by atoms with Gasteiger partial charge in [-0.3, -0.25) is 0 Å². The number of ether oxygens (including phenoxy) is 2. The fourth-order valence-corrected chi connectivity index (χ4v) is 1.68. The molecule has 1 rings (SSSR count). The van der Waals surface area contributed by atoms with Crippen LogP contribution >= 0.6 is 0 Å². The second kappa shape index (κ2) is 6.19. The van der Waals surface area contributed by atoms with E-state index in [4.69, 9.17) is 13.9 Å². The lowest BCUT2D eigenvalue weighted by atomic mass is 10.0. The Kier molecular flexibility index (Phi) is 5.11. The molecule has 0 aliphatic carbocycles. The molecule has 5 heteroatoms. The van der Waals surface area contributed by atoms with Gasteiger partial charge in [0, 0.05) is 7.11 Å². The molecule has 1 atom stereocenters. The monoisotopic (exact) mass is 269 g/mol. The third-order valence-electron chi connectivity index (χ3n) is 3.24. The van der Waals surface area contributed by atoms with Gasteiger partial charge >= 0.3 is 5.97 Å². The van der Waals surface area contributed by atoms with Crippen molar-refractivity contribution in [1.82, 2.24) is 4.98 Å². The number of hydrogen-bond acceptors (Lipinski definition) is 5. The maximum absolute atomic E-state index is 11.9. The second-order valence-electron chi connectivity index (χ2n) is 4.90. The fraction of sp³-hybridized carbons (Fsp3) is 0.714. The Morgan fingerprint density at radius 2 is 2.05 bits per heavy atom. The summed E-state index contributed by atoms with van der Waals surface area (Å²) in [6, 6.07) is 0. The summed E-state index contributed by atoms with van der Waals surface area (Å²) < 4.78 is 16.1. The quantitative estimate of drug-likeness (QED) is 0.742. The van der Waals surface area contributed by atoms with Gasteiger partial charge in [0.05, 0.1) is 12.3 Å². The molecule has 0 saturated carbocycles. The van der Waals surface area contributed by atoms with E-state index in [9.17, 15) is 4.79 Å². The number of carbonyl (C=O) groups excluding carboxylic acids is 1. The number of aromatic nitrogens is 1. The van der Waals surface area contributed by atoms with E-state index in [0.29, 0.717) is 24.6 Å². The van der Waals surface area contributed by atoms with Gasteiger partial charge in [-0.2, -0.15) is 0 Å². The van der Waals surface area contributed by atoms with Crippen LogP contribution in [-0.2, 0) is 15.1 Å². The Balaban J connectivity index is 3.25. The van der Waals surface area contributed by atoms with Gasteiger partial charge < -0.3 is 13.9 Å².